The molecule has 1 atom stereocenters. The number of anilines is 1. The Kier molecular flexibility index (Phi) is 7.54. The van der Waals surface area contributed by atoms with Crippen molar-refractivity contribution in [2.75, 3.05) is 23.6 Å². The summed E-state index contributed by atoms with van der Waals surface area (Å²) in [4.78, 5) is 24.4. The van der Waals surface area contributed by atoms with Gasteiger partial charge in [0.1, 0.15) is 23.2 Å². The van der Waals surface area contributed by atoms with E-state index in [1.54, 1.807) is 20.8 Å². The molecule has 5 nitrogen and oxygen atoms in total. The van der Waals surface area contributed by atoms with Gasteiger partial charge < -0.3 is 15.4 Å². The maximum absolute atomic E-state index is 12.9. The van der Waals surface area contributed by atoms with Gasteiger partial charge in [0, 0.05) is 12.1 Å². The number of hydrogen-bond donors (Lipinski definition) is 2. The summed E-state index contributed by atoms with van der Waals surface area (Å²) in [6, 6.07) is 4.77. The quantitative estimate of drug-likeness (QED) is 0.769. The van der Waals surface area contributed by atoms with E-state index in [0.717, 1.165) is 5.75 Å². The first-order valence-corrected chi connectivity index (χ1v) is 9.88. The molecule has 0 unspecified atom stereocenters. The molecule has 2 N–H and O–H groups in total. The van der Waals surface area contributed by atoms with Crippen LogP contribution in [0.5, 0.6) is 0 Å². The molecule has 1 rings (SSSR count). The molecular formula is C17H26FN2O3S+. The van der Waals surface area contributed by atoms with Crippen molar-refractivity contribution in [3.63, 3.8) is 0 Å². The second kappa shape index (κ2) is 8.92. The van der Waals surface area contributed by atoms with Gasteiger partial charge in [-0.15, -0.1) is 0 Å². The van der Waals surface area contributed by atoms with Crippen LogP contribution in [0, 0.1) is 5.82 Å². The first-order valence-electron chi connectivity index (χ1n) is 7.67. The normalized spacial score (nSPS) is 12.6. The fourth-order valence-corrected chi connectivity index (χ4v) is 2.54. The lowest BCUT2D eigenvalue weighted by molar-refractivity contribution is -0.118. The number of benzene rings is 1. The van der Waals surface area contributed by atoms with Crippen LogP contribution in [0.15, 0.2) is 24.3 Å². The number of carbonyl (C=O) groups excluding carboxylic acids is 2. The summed E-state index contributed by atoms with van der Waals surface area (Å²) in [5.41, 5.74) is -0.161. The predicted octanol–water partition coefficient (Wildman–Crippen LogP) is 2.93. The highest BCUT2D eigenvalue weighted by molar-refractivity contribution is 7.95. The van der Waals surface area contributed by atoms with Crippen LogP contribution in [0.4, 0.5) is 14.9 Å². The molecule has 0 aliphatic heterocycles. The summed E-state index contributed by atoms with van der Waals surface area (Å²) in [5.74, 6) is 0.0764. The number of rotatable bonds is 6. The Morgan fingerprint density at radius 2 is 1.79 bits per heavy atom. The summed E-state index contributed by atoms with van der Waals surface area (Å²) in [5, 5.41) is 5.31. The molecule has 0 saturated carbocycles. The maximum atomic E-state index is 12.9. The van der Waals surface area contributed by atoms with Crippen molar-refractivity contribution >= 4 is 28.6 Å². The summed E-state index contributed by atoms with van der Waals surface area (Å²) >= 11 is 0. The fraction of sp³-hybridized carbons (Fsp3) is 0.529. The largest absolute Gasteiger partial charge is 0.444 e. The predicted molar refractivity (Wildman–Crippen MR) is 96.9 cm³/mol. The van der Waals surface area contributed by atoms with Crippen molar-refractivity contribution in [1.82, 2.24) is 5.32 Å². The first-order chi connectivity index (χ1) is 11.1. The fourth-order valence-electron chi connectivity index (χ4n) is 1.83. The van der Waals surface area contributed by atoms with Crippen LogP contribution >= 0.6 is 0 Å². The third-order valence-electron chi connectivity index (χ3n) is 2.93. The van der Waals surface area contributed by atoms with E-state index in [1.165, 1.54) is 24.3 Å². The van der Waals surface area contributed by atoms with Crippen LogP contribution in [0.2, 0.25) is 0 Å². The number of carbonyl (C=O) groups is 2. The highest BCUT2D eigenvalue weighted by atomic mass is 32.2. The SMILES string of the molecule is C[S+](C)CC[C@H](NC(=O)OC(C)(C)C)C(=O)Nc1ccc(F)cc1. The van der Waals surface area contributed by atoms with E-state index >= 15 is 0 Å². The Hall–Kier alpha value is -1.76. The lowest BCUT2D eigenvalue weighted by atomic mass is 10.2. The van der Waals surface area contributed by atoms with Crippen LogP contribution < -0.4 is 10.6 Å². The van der Waals surface area contributed by atoms with E-state index in [9.17, 15) is 14.0 Å². The van der Waals surface area contributed by atoms with E-state index < -0.39 is 17.7 Å². The Morgan fingerprint density at radius 1 is 1.21 bits per heavy atom. The Labute approximate surface area is 145 Å². The summed E-state index contributed by atoms with van der Waals surface area (Å²) < 4.78 is 18.2. The number of hydrogen-bond acceptors (Lipinski definition) is 3. The molecule has 0 spiro atoms. The van der Waals surface area contributed by atoms with Gasteiger partial charge in [0.2, 0.25) is 5.91 Å². The van der Waals surface area contributed by atoms with Crippen LogP contribution in [0.3, 0.4) is 0 Å². The number of alkyl carbamates (subject to hydrolysis) is 1. The molecular weight excluding hydrogens is 331 g/mol. The molecule has 0 bridgehead atoms. The molecule has 1 aromatic rings. The Bertz CT molecular complexity index is 556. The van der Waals surface area contributed by atoms with Gasteiger partial charge in [0.05, 0.1) is 12.5 Å². The zero-order chi connectivity index (χ0) is 18.3. The molecule has 7 heteroatoms. The second-order valence-corrected chi connectivity index (χ2v) is 9.05. The number of ether oxygens (including phenoxy) is 1. The lowest BCUT2D eigenvalue weighted by Gasteiger charge is -2.23. The number of amides is 2. The molecule has 24 heavy (non-hydrogen) atoms. The van der Waals surface area contributed by atoms with Gasteiger partial charge in [-0.3, -0.25) is 4.79 Å². The average molecular weight is 357 g/mol. The van der Waals surface area contributed by atoms with Crippen LogP contribution in [0.1, 0.15) is 27.2 Å². The van der Waals surface area contributed by atoms with Crippen molar-refractivity contribution in [2.24, 2.45) is 0 Å². The third kappa shape index (κ3) is 8.19. The minimum atomic E-state index is -0.709. The van der Waals surface area contributed by atoms with Crippen molar-refractivity contribution in [2.45, 2.75) is 38.8 Å². The van der Waals surface area contributed by atoms with Gasteiger partial charge in [0.15, 0.2) is 0 Å². The zero-order valence-corrected chi connectivity index (χ0v) is 15.6. The van der Waals surface area contributed by atoms with Gasteiger partial charge in [-0.05, 0) is 55.9 Å². The third-order valence-corrected chi connectivity index (χ3v) is 3.99. The summed E-state index contributed by atoms with van der Waals surface area (Å²) in [6.45, 7) is 5.28. The van der Waals surface area contributed by atoms with E-state index in [1.807, 2.05) is 0 Å². The van der Waals surface area contributed by atoms with E-state index in [0.29, 0.717) is 12.1 Å². The molecule has 0 aromatic heterocycles. The number of nitrogens with one attached hydrogen (secondary N) is 2. The molecule has 0 aliphatic carbocycles. The molecule has 0 heterocycles. The van der Waals surface area contributed by atoms with Crippen LogP contribution in [0.25, 0.3) is 0 Å². The highest BCUT2D eigenvalue weighted by Crippen LogP contribution is 2.11. The van der Waals surface area contributed by atoms with Gasteiger partial charge in [0.25, 0.3) is 0 Å². The Morgan fingerprint density at radius 3 is 2.29 bits per heavy atom. The van der Waals surface area contributed by atoms with Crippen LogP contribution in [-0.4, -0.2) is 41.9 Å². The Balaban J connectivity index is 2.74. The molecule has 134 valence electrons. The molecule has 2 amide bonds. The first kappa shape index (κ1) is 20.3. The van der Waals surface area contributed by atoms with E-state index in [2.05, 4.69) is 23.1 Å². The van der Waals surface area contributed by atoms with E-state index in [-0.39, 0.29) is 22.6 Å². The van der Waals surface area contributed by atoms with Gasteiger partial charge >= 0.3 is 6.09 Å². The van der Waals surface area contributed by atoms with Gasteiger partial charge in [-0.1, -0.05) is 0 Å². The summed E-state index contributed by atoms with van der Waals surface area (Å²) in [6.07, 6.45) is 4.02. The van der Waals surface area contributed by atoms with Crippen LogP contribution in [-0.2, 0) is 20.4 Å². The minimum absolute atomic E-state index is 0.142. The molecule has 1 aromatic carbocycles. The standard InChI is InChI=1S/C17H25FN2O3S/c1-17(2,3)23-16(22)20-14(10-11-24(4)5)15(21)19-13-8-6-12(18)7-9-13/h6-9,14H,10-11H2,1-5H3,(H-,19,20,21,22)/p+1/t14-/m0/s1. The smallest absolute Gasteiger partial charge is 0.408 e. The van der Waals surface area contributed by atoms with Crippen molar-refractivity contribution < 1.29 is 18.7 Å². The minimum Gasteiger partial charge on any atom is -0.444 e. The average Bonchev–Trinajstić information content (AvgIpc) is 2.43. The molecule has 0 fully saturated rings. The van der Waals surface area contributed by atoms with Crippen molar-refractivity contribution in [3.8, 4) is 0 Å². The van der Waals surface area contributed by atoms with Crippen molar-refractivity contribution in [3.05, 3.63) is 30.1 Å². The summed E-state index contributed by atoms with van der Waals surface area (Å²) in [7, 11) is 0.142. The van der Waals surface area contributed by atoms with Gasteiger partial charge in [-0.2, -0.15) is 0 Å². The number of halogens is 1. The second-order valence-electron chi connectivity index (χ2n) is 6.67. The molecule has 0 radical (unpaired) electrons. The monoisotopic (exact) mass is 357 g/mol. The lowest BCUT2D eigenvalue weighted by Crippen LogP contribution is -2.46. The van der Waals surface area contributed by atoms with Gasteiger partial charge in [-0.25, -0.2) is 9.18 Å². The highest BCUT2D eigenvalue weighted by Gasteiger charge is 2.26. The molecule has 0 aliphatic rings. The zero-order valence-electron chi connectivity index (χ0n) is 14.8. The molecule has 0 saturated heterocycles. The topological polar surface area (TPSA) is 67.4 Å². The van der Waals surface area contributed by atoms with E-state index in [4.69, 9.17) is 4.74 Å². The van der Waals surface area contributed by atoms with Crippen molar-refractivity contribution in [1.29, 1.82) is 0 Å². The maximum Gasteiger partial charge on any atom is 0.408 e.